The van der Waals surface area contributed by atoms with Crippen LogP contribution >= 0.6 is 11.8 Å². The van der Waals surface area contributed by atoms with Gasteiger partial charge in [0.1, 0.15) is 17.4 Å². The van der Waals surface area contributed by atoms with Gasteiger partial charge in [0.2, 0.25) is 0 Å². The predicted molar refractivity (Wildman–Crippen MR) is 132 cm³/mol. The Labute approximate surface area is 199 Å². The largest absolute Gasteiger partial charge is 0.354 e. The van der Waals surface area contributed by atoms with Crippen LogP contribution < -0.4 is 15.5 Å². The summed E-state index contributed by atoms with van der Waals surface area (Å²) in [5.41, 5.74) is 1.67. The Kier molecular flexibility index (Phi) is 6.99. The summed E-state index contributed by atoms with van der Waals surface area (Å²) in [7, 11) is 0. The Bertz CT molecular complexity index is 1100. The van der Waals surface area contributed by atoms with E-state index in [-0.39, 0.29) is 11.2 Å². The first-order chi connectivity index (χ1) is 15.8. The van der Waals surface area contributed by atoms with Crippen molar-refractivity contribution in [2.45, 2.75) is 44.2 Å². The highest BCUT2D eigenvalue weighted by atomic mass is 32.2. The van der Waals surface area contributed by atoms with Gasteiger partial charge in [-0.3, -0.25) is 9.89 Å². The first kappa shape index (κ1) is 23.3. The molecule has 0 radical (unpaired) electrons. The number of aromatic nitrogens is 4. The topological polar surface area (TPSA) is 98.8 Å². The predicted octanol–water partition coefficient (Wildman–Crippen LogP) is 3.97. The van der Waals surface area contributed by atoms with Crippen LogP contribution in [0.25, 0.3) is 0 Å². The van der Waals surface area contributed by atoms with Crippen molar-refractivity contribution in [3.05, 3.63) is 47.7 Å². The molecular weight excluding hydrogens is 434 g/mol. The van der Waals surface area contributed by atoms with Crippen LogP contribution in [-0.4, -0.2) is 52.1 Å². The van der Waals surface area contributed by atoms with E-state index in [4.69, 9.17) is 9.97 Å². The molecule has 3 N–H and O–H groups in total. The van der Waals surface area contributed by atoms with E-state index in [2.05, 4.69) is 25.7 Å². The molecule has 0 atom stereocenters. The molecule has 33 heavy (non-hydrogen) atoms. The molecule has 8 nitrogen and oxygen atoms in total. The van der Waals surface area contributed by atoms with Crippen molar-refractivity contribution in [1.82, 2.24) is 25.5 Å². The number of benzene rings is 1. The second kappa shape index (κ2) is 9.93. The Morgan fingerprint density at radius 2 is 1.82 bits per heavy atom. The lowest BCUT2D eigenvalue weighted by molar-refractivity contribution is -0.125. The average molecular weight is 466 g/mol. The number of nitrogens with zero attached hydrogens (tertiary/aromatic N) is 4. The van der Waals surface area contributed by atoms with E-state index in [9.17, 15) is 4.79 Å². The number of Topliss-reactive ketones (excluding diaryl/α,β-unsaturated/α-hetero) is 1. The summed E-state index contributed by atoms with van der Waals surface area (Å²) >= 11 is 1.51. The quantitative estimate of drug-likeness (QED) is 0.451. The fourth-order valence-electron chi connectivity index (χ4n) is 3.42. The molecule has 2 aromatic heterocycles. The number of rotatable bonds is 7. The summed E-state index contributed by atoms with van der Waals surface area (Å²) in [5.74, 6) is 2.57. The SMILES string of the molecule is Cc1cc(Nc2cc(N3CCNCC3)nc(Sc3ccc(CC(=O)C(C)(C)C)cc3)n2)n[nH]1. The number of hydrogen-bond donors (Lipinski definition) is 3. The molecule has 0 unspecified atom stereocenters. The molecule has 3 aromatic rings. The Morgan fingerprint density at radius 1 is 1.09 bits per heavy atom. The van der Waals surface area contributed by atoms with Crippen LogP contribution in [0.2, 0.25) is 0 Å². The van der Waals surface area contributed by atoms with E-state index in [0.29, 0.717) is 17.4 Å². The van der Waals surface area contributed by atoms with Gasteiger partial charge in [-0.1, -0.05) is 32.9 Å². The molecule has 3 heterocycles. The zero-order chi connectivity index (χ0) is 23.4. The first-order valence-corrected chi connectivity index (χ1v) is 12.0. The molecule has 1 aromatic carbocycles. The van der Waals surface area contributed by atoms with Gasteiger partial charge in [-0.15, -0.1) is 0 Å². The van der Waals surface area contributed by atoms with Crippen molar-refractivity contribution in [3.63, 3.8) is 0 Å². The number of ketones is 1. The highest BCUT2D eigenvalue weighted by molar-refractivity contribution is 7.99. The minimum absolute atomic E-state index is 0.235. The molecule has 9 heteroatoms. The van der Waals surface area contributed by atoms with Crippen molar-refractivity contribution in [2.24, 2.45) is 5.41 Å². The summed E-state index contributed by atoms with van der Waals surface area (Å²) in [6.45, 7) is 11.5. The van der Waals surface area contributed by atoms with Crippen molar-refractivity contribution in [3.8, 4) is 0 Å². The average Bonchev–Trinajstić information content (AvgIpc) is 3.19. The van der Waals surface area contributed by atoms with E-state index >= 15 is 0 Å². The van der Waals surface area contributed by atoms with Gasteiger partial charge >= 0.3 is 0 Å². The van der Waals surface area contributed by atoms with E-state index in [0.717, 1.165) is 54.0 Å². The number of carbonyl (C=O) groups excluding carboxylic acids is 1. The monoisotopic (exact) mass is 465 g/mol. The molecule has 0 aliphatic carbocycles. The number of hydrogen-bond acceptors (Lipinski definition) is 8. The van der Waals surface area contributed by atoms with Gasteiger partial charge < -0.3 is 15.5 Å². The van der Waals surface area contributed by atoms with Gasteiger partial charge in [-0.25, -0.2) is 9.97 Å². The third-order valence-electron chi connectivity index (χ3n) is 5.43. The molecule has 174 valence electrons. The van der Waals surface area contributed by atoms with E-state index in [1.54, 1.807) is 0 Å². The van der Waals surface area contributed by atoms with Crippen LogP contribution in [-0.2, 0) is 11.2 Å². The number of nitrogens with one attached hydrogen (secondary N) is 3. The normalized spacial score (nSPS) is 14.4. The number of carbonyl (C=O) groups is 1. The Balaban J connectivity index is 1.54. The molecule has 1 aliphatic rings. The van der Waals surface area contributed by atoms with Gasteiger partial charge in [-0.2, -0.15) is 5.10 Å². The molecule has 0 saturated carbocycles. The second-order valence-electron chi connectivity index (χ2n) is 9.29. The smallest absolute Gasteiger partial charge is 0.196 e. The van der Waals surface area contributed by atoms with E-state index < -0.39 is 0 Å². The maximum Gasteiger partial charge on any atom is 0.196 e. The van der Waals surface area contributed by atoms with Crippen LogP contribution in [0.5, 0.6) is 0 Å². The maximum atomic E-state index is 12.3. The molecular formula is C24H31N7OS. The van der Waals surface area contributed by atoms with Crippen molar-refractivity contribution in [2.75, 3.05) is 36.4 Å². The van der Waals surface area contributed by atoms with Gasteiger partial charge in [0.05, 0.1) is 0 Å². The Hall–Kier alpha value is -2.91. The Morgan fingerprint density at radius 3 is 2.45 bits per heavy atom. The standard InChI is InChI=1S/C24H31N7OS/c1-16-13-21(30-29-16)26-20-15-22(31-11-9-25-10-12-31)28-23(27-20)33-18-7-5-17(6-8-18)14-19(32)24(2,3)4/h5-8,13,15,25H,9-12,14H2,1-4H3,(H2,26,27,28,29,30). The lowest BCUT2D eigenvalue weighted by Gasteiger charge is -2.28. The van der Waals surface area contributed by atoms with Gasteiger partial charge in [0.25, 0.3) is 0 Å². The van der Waals surface area contributed by atoms with Crippen molar-refractivity contribution >= 4 is 35.0 Å². The summed E-state index contributed by atoms with van der Waals surface area (Å²) in [6, 6.07) is 12.0. The number of piperazine rings is 1. The summed E-state index contributed by atoms with van der Waals surface area (Å²) < 4.78 is 0. The fraction of sp³-hybridized carbons (Fsp3) is 0.417. The van der Waals surface area contributed by atoms with E-state index in [1.807, 2.05) is 64.1 Å². The van der Waals surface area contributed by atoms with Crippen LogP contribution in [0.4, 0.5) is 17.5 Å². The highest BCUT2D eigenvalue weighted by Crippen LogP contribution is 2.30. The lowest BCUT2D eigenvalue weighted by Crippen LogP contribution is -2.44. The second-order valence-corrected chi connectivity index (χ2v) is 10.3. The first-order valence-electron chi connectivity index (χ1n) is 11.2. The fourth-order valence-corrected chi connectivity index (χ4v) is 4.19. The van der Waals surface area contributed by atoms with Crippen LogP contribution in [0.1, 0.15) is 32.0 Å². The molecule has 1 aliphatic heterocycles. The van der Waals surface area contributed by atoms with Crippen LogP contribution in [0.15, 0.2) is 46.5 Å². The maximum absolute atomic E-state index is 12.3. The zero-order valence-electron chi connectivity index (χ0n) is 19.6. The molecule has 0 amide bonds. The highest BCUT2D eigenvalue weighted by Gasteiger charge is 2.21. The molecule has 1 saturated heterocycles. The third-order valence-corrected chi connectivity index (χ3v) is 6.30. The number of H-pyrrole nitrogens is 1. The number of anilines is 3. The summed E-state index contributed by atoms with van der Waals surface area (Å²) in [5, 5.41) is 14.5. The van der Waals surface area contributed by atoms with Crippen molar-refractivity contribution < 1.29 is 4.79 Å². The zero-order valence-corrected chi connectivity index (χ0v) is 20.4. The molecule has 0 bridgehead atoms. The minimum atomic E-state index is -0.331. The van der Waals surface area contributed by atoms with Crippen molar-refractivity contribution in [1.29, 1.82) is 0 Å². The van der Waals surface area contributed by atoms with Gasteiger partial charge in [-0.05, 0) is 36.4 Å². The molecule has 4 rings (SSSR count). The third kappa shape index (κ3) is 6.33. The number of aryl methyl sites for hydroxylation is 1. The molecule has 0 spiro atoms. The van der Waals surface area contributed by atoms with Gasteiger partial charge in [0, 0.05) is 60.7 Å². The van der Waals surface area contributed by atoms with Gasteiger partial charge in [0.15, 0.2) is 11.0 Å². The molecule has 1 fully saturated rings. The van der Waals surface area contributed by atoms with Crippen LogP contribution in [0.3, 0.4) is 0 Å². The summed E-state index contributed by atoms with van der Waals surface area (Å²) in [6.07, 6.45) is 0.445. The minimum Gasteiger partial charge on any atom is -0.354 e. The number of aromatic amines is 1. The lowest BCUT2D eigenvalue weighted by atomic mass is 9.87. The summed E-state index contributed by atoms with van der Waals surface area (Å²) in [4.78, 5) is 25.2. The van der Waals surface area contributed by atoms with Crippen LogP contribution in [0, 0.1) is 12.3 Å². The van der Waals surface area contributed by atoms with E-state index in [1.165, 1.54) is 11.8 Å².